The Kier molecular flexibility index (Phi) is 6.19. The molecule has 0 bridgehead atoms. The molecule has 0 saturated carbocycles. The van der Waals surface area contributed by atoms with Gasteiger partial charge in [-0.1, -0.05) is 42.5 Å². The zero-order valence-corrected chi connectivity index (χ0v) is 14.6. The fourth-order valence-electron chi connectivity index (χ4n) is 2.62. The van der Waals surface area contributed by atoms with Crippen LogP contribution in [0.3, 0.4) is 0 Å². The monoisotopic (exact) mass is 349 g/mol. The fraction of sp³-hybridized carbons (Fsp3) is 0.190. The lowest BCUT2D eigenvalue weighted by Gasteiger charge is -2.12. The third-order valence-corrected chi connectivity index (χ3v) is 4.00. The van der Waals surface area contributed by atoms with E-state index >= 15 is 0 Å². The van der Waals surface area contributed by atoms with Gasteiger partial charge in [-0.3, -0.25) is 4.98 Å². The van der Waals surface area contributed by atoms with Gasteiger partial charge in [-0.2, -0.15) is 0 Å². The molecule has 0 unspecified atom stereocenters. The molecule has 0 spiro atoms. The number of nitrogens with two attached hydrogens (primary N) is 2. The zero-order chi connectivity index (χ0) is 18.2. The molecule has 0 radical (unpaired) electrons. The summed E-state index contributed by atoms with van der Waals surface area (Å²) in [6.07, 6.45) is 0. The summed E-state index contributed by atoms with van der Waals surface area (Å²) in [5.74, 6) is 1.57. The van der Waals surface area contributed by atoms with E-state index in [1.165, 1.54) is 0 Å². The third-order valence-electron chi connectivity index (χ3n) is 4.00. The second kappa shape index (κ2) is 8.99. The number of para-hydroxylation sites is 2. The number of rotatable bonds is 8. The Balaban J connectivity index is 1.63. The lowest BCUT2D eigenvalue weighted by atomic mass is 10.2. The van der Waals surface area contributed by atoms with E-state index in [0.29, 0.717) is 26.3 Å². The number of hydrogen-bond acceptors (Lipinski definition) is 5. The zero-order valence-electron chi connectivity index (χ0n) is 14.6. The van der Waals surface area contributed by atoms with E-state index in [1.807, 2.05) is 66.7 Å². The van der Waals surface area contributed by atoms with Gasteiger partial charge in [-0.05, 0) is 24.3 Å². The summed E-state index contributed by atoms with van der Waals surface area (Å²) in [5, 5.41) is 0. The van der Waals surface area contributed by atoms with Gasteiger partial charge in [-0.15, -0.1) is 0 Å². The summed E-state index contributed by atoms with van der Waals surface area (Å²) in [7, 11) is 0. The molecule has 134 valence electrons. The first-order valence-electron chi connectivity index (χ1n) is 8.56. The van der Waals surface area contributed by atoms with Gasteiger partial charge in [0, 0.05) is 24.2 Å². The van der Waals surface area contributed by atoms with Crippen LogP contribution in [0.2, 0.25) is 0 Å². The maximum atomic E-state index is 5.87. The number of aromatic nitrogens is 1. The lowest BCUT2D eigenvalue weighted by molar-refractivity contribution is 0.287. The summed E-state index contributed by atoms with van der Waals surface area (Å²) in [5.41, 5.74) is 15.1. The summed E-state index contributed by atoms with van der Waals surface area (Å²) < 4.78 is 11.7. The highest BCUT2D eigenvalue weighted by Crippen LogP contribution is 2.20. The number of benzene rings is 2. The van der Waals surface area contributed by atoms with Crippen LogP contribution in [0.5, 0.6) is 11.5 Å². The van der Waals surface area contributed by atoms with Gasteiger partial charge in [0.2, 0.25) is 0 Å². The number of nitrogens with zero attached hydrogens (tertiary/aromatic N) is 1. The van der Waals surface area contributed by atoms with Gasteiger partial charge >= 0.3 is 0 Å². The molecule has 3 aromatic rings. The molecule has 26 heavy (non-hydrogen) atoms. The van der Waals surface area contributed by atoms with Crippen molar-refractivity contribution in [3.63, 3.8) is 0 Å². The molecule has 5 heteroatoms. The van der Waals surface area contributed by atoms with Gasteiger partial charge in [0.15, 0.2) is 0 Å². The van der Waals surface area contributed by atoms with E-state index in [4.69, 9.17) is 20.9 Å². The van der Waals surface area contributed by atoms with Crippen LogP contribution in [0.15, 0.2) is 66.7 Å². The van der Waals surface area contributed by atoms with Crippen LogP contribution in [0, 0.1) is 0 Å². The van der Waals surface area contributed by atoms with Gasteiger partial charge in [0.25, 0.3) is 0 Å². The van der Waals surface area contributed by atoms with Crippen LogP contribution in [-0.2, 0) is 26.3 Å². The molecule has 0 fully saturated rings. The Bertz CT molecular complexity index is 785. The molecule has 2 aromatic carbocycles. The van der Waals surface area contributed by atoms with Gasteiger partial charge in [-0.25, -0.2) is 0 Å². The van der Waals surface area contributed by atoms with E-state index < -0.39 is 0 Å². The van der Waals surface area contributed by atoms with Crippen molar-refractivity contribution in [3.8, 4) is 11.5 Å². The maximum absolute atomic E-state index is 5.87. The second-order valence-corrected chi connectivity index (χ2v) is 5.82. The van der Waals surface area contributed by atoms with Crippen LogP contribution in [0.25, 0.3) is 0 Å². The first-order valence-corrected chi connectivity index (χ1v) is 8.56. The Labute approximate surface area is 153 Å². The highest BCUT2D eigenvalue weighted by Gasteiger charge is 2.05. The second-order valence-electron chi connectivity index (χ2n) is 5.82. The number of hydrogen-bond donors (Lipinski definition) is 2. The molecule has 0 amide bonds. The van der Waals surface area contributed by atoms with E-state index in [2.05, 4.69) is 4.98 Å². The standard InChI is InChI=1S/C21H23N3O2/c22-12-16-6-1-3-10-20(16)25-14-18-8-5-9-19(24-18)15-26-21-11-4-2-7-17(21)13-23/h1-11H,12-15,22-23H2. The smallest absolute Gasteiger partial charge is 0.130 e. The molecule has 5 nitrogen and oxygen atoms in total. The van der Waals surface area contributed by atoms with Gasteiger partial charge in [0.1, 0.15) is 24.7 Å². The quantitative estimate of drug-likeness (QED) is 0.653. The molecule has 4 N–H and O–H groups in total. The minimum Gasteiger partial charge on any atom is -0.487 e. The highest BCUT2D eigenvalue weighted by molar-refractivity contribution is 5.34. The van der Waals surface area contributed by atoms with E-state index in [9.17, 15) is 0 Å². The molecule has 1 aromatic heterocycles. The molecule has 0 aliphatic rings. The molecule has 0 aliphatic carbocycles. The normalized spacial score (nSPS) is 10.5. The Morgan fingerprint density at radius 1 is 0.615 bits per heavy atom. The lowest BCUT2D eigenvalue weighted by Crippen LogP contribution is -2.06. The Morgan fingerprint density at radius 2 is 1.08 bits per heavy atom. The van der Waals surface area contributed by atoms with Crippen molar-refractivity contribution in [1.29, 1.82) is 0 Å². The van der Waals surface area contributed by atoms with Crippen molar-refractivity contribution in [2.24, 2.45) is 11.5 Å². The van der Waals surface area contributed by atoms with Crippen molar-refractivity contribution >= 4 is 0 Å². The minimum absolute atomic E-state index is 0.379. The molecule has 1 heterocycles. The third kappa shape index (κ3) is 4.59. The van der Waals surface area contributed by atoms with Gasteiger partial charge in [0.05, 0.1) is 11.4 Å². The Hall–Kier alpha value is -2.89. The Morgan fingerprint density at radius 3 is 1.54 bits per heavy atom. The molecule has 0 atom stereocenters. The first-order chi connectivity index (χ1) is 12.8. The molecule has 0 saturated heterocycles. The van der Waals surface area contributed by atoms with Gasteiger partial charge < -0.3 is 20.9 Å². The molecular formula is C21H23N3O2. The first kappa shape index (κ1) is 17.9. The SMILES string of the molecule is NCc1ccccc1OCc1cccc(COc2ccccc2CN)n1. The average Bonchev–Trinajstić information content (AvgIpc) is 2.71. The van der Waals surface area contributed by atoms with Crippen LogP contribution >= 0.6 is 0 Å². The molecule has 3 rings (SSSR count). The molecule has 0 aliphatic heterocycles. The summed E-state index contributed by atoms with van der Waals surface area (Å²) in [6.45, 7) is 1.64. The maximum Gasteiger partial charge on any atom is 0.130 e. The van der Waals surface area contributed by atoms with Crippen LogP contribution < -0.4 is 20.9 Å². The van der Waals surface area contributed by atoms with E-state index in [0.717, 1.165) is 34.0 Å². The predicted molar refractivity (Wildman–Crippen MR) is 102 cm³/mol. The van der Waals surface area contributed by atoms with Crippen molar-refractivity contribution in [2.45, 2.75) is 26.3 Å². The van der Waals surface area contributed by atoms with Crippen molar-refractivity contribution in [1.82, 2.24) is 4.98 Å². The number of ether oxygens (including phenoxy) is 2. The summed E-state index contributed by atoms with van der Waals surface area (Å²) in [4.78, 5) is 4.60. The van der Waals surface area contributed by atoms with E-state index in [-0.39, 0.29) is 0 Å². The van der Waals surface area contributed by atoms with Crippen molar-refractivity contribution in [3.05, 3.63) is 89.2 Å². The largest absolute Gasteiger partial charge is 0.487 e. The highest BCUT2D eigenvalue weighted by atomic mass is 16.5. The minimum atomic E-state index is 0.379. The fourth-order valence-corrected chi connectivity index (χ4v) is 2.62. The van der Waals surface area contributed by atoms with Crippen LogP contribution in [-0.4, -0.2) is 4.98 Å². The van der Waals surface area contributed by atoms with Crippen molar-refractivity contribution < 1.29 is 9.47 Å². The summed E-state index contributed by atoms with van der Waals surface area (Å²) >= 11 is 0. The number of pyridine rings is 1. The van der Waals surface area contributed by atoms with E-state index in [1.54, 1.807) is 0 Å². The average molecular weight is 349 g/mol. The van der Waals surface area contributed by atoms with Crippen LogP contribution in [0.1, 0.15) is 22.5 Å². The summed E-state index contributed by atoms with van der Waals surface area (Å²) in [6, 6.07) is 21.3. The molecular weight excluding hydrogens is 326 g/mol. The topological polar surface area (TPSA) is 83.4 Å². The van der Waals surface area contributed by atoms with Crippen LogP contribution in [0.4, 0.5) is 0 Å². The predicted octanol–water partition coefficient (Wildman–Crippen LogP) is 3.16. The van der Waals surface area contributed by atoms with Crippen molar-refractivity contribution in [2.75, 3.05) is 0 Å².